The molecule has 0 amide bonds. The number of carbonyl (C=O) groups excluding carboxylic acids is 1. The third-order valence-corrected chi connectivity index (χ3v) is 6.61. The molecule has 1 aromatic carbocycles. The van der Waals surface area contributed by atoms with Crippen molar-refractivity contribution in [3.05, 3.63) is 29.6 Å². The Labute approximate surface area is 122 Å². The molecule has 1 aliphatic heterocycles. The van der Waals surface area contributed by atoms with Gasteiger partial charge >= 0.3 is 0 Å². The Hall–Kier alpha value is -1.08. The lowest BCUT2D eigenvalue weighted by molar-refractivity contribution is 0.112. The molecule has 0 aliphatic carbocycles. The van der Waals surface area contributed by atoms with Gasteiger partial charge in [0.25, 0.3) is 0 Å². The van der Waals surface area contributed by atoms with E-state index in [0.717, 1.165) is 11.8 Å². The van der Waals surface area contributed by atoms with E-state index in [0.29, 0.717) is 18.6 Å². The lowest BCUT2D eigenvalue weighted by atomic mass is 10.2. The van der Waals surface area contributed by atoms with Gasteiger partial charge in [-0.1, -0.05) is 6.92 Å². The predicted octanol–water partition coefficient (Wildman–Crippen LogP) is 1.95. The molecule has 1 aromatic rings. The minimum Gasteiger partial charge on any atom is -0.351 e. The largest absolute Gasteiger partial charge is 0.351 e. The van der Waals surface area contributed by atoms with Gasteiger partial charge in [0, 0.05) is 29.4 Å². The zero-order valence-corrected chi connectivity index (χ0v) is 12.7. The Morgan fingerprint density at radius 2 is 2.25 bits per heavy atom. The molecule has 1 heterocycles. The van der Waals surface area contributed by atoms with Crippen molar-refractivity contribution in [3.8, 4) is 0 Å². The normalized spacial score (nSPS) is 19.9. The first-order chi connectivity index (χ1) is 9.49. The molecule has 1 saturated heterocycles. The van der Waals surface area contributed by atoms with Crippen molar-refractivity contribution >= 4 is 33.6 Å². The summed E-state index contributed by atoms with van der Waals surface area (Å²) in [7, 11) is -3.28. The summed E-state index contributed by atoms with van der Waals surface area (Å²) >= 11 is 1.56. The third kappa shape index (κ3) is 2.98. The Morgan fingerprint density at radius 3 is 2.85 bits per heavy atom. The number of anilines is 1. The average Bonchev–Trinajstić information content (AvgIpc) is 2.47. The first-order valence-electron chi connectivity index (χ1n) is 6.30. The van der Waals surface area contributed by atoms with Gasteiger partial charge in [-0.2, -0.15) is 11.8 Å². The minimum absolute atomic E-state index is 0.0305. The van der Waals surface area contributed by atoms with Crippen LogP contribution in [0.25, 0.3) is 0 Å². The SMILES string of the molecule is CCS(=O)(=O)C1CSCCN1c1ccc(C=O)cc1F. The maximum atomic E-state index is 14.1. The molecule has 4 nitrogen and oxygen atoms in total. The van der Waals surface area contributed by atoms with Gasteiger partial charge in [0.15, 0.2) is 9.84 Å². The van der Waals surface area contributed by atoms with E-state index < -0.39 is 21.0 Å². The molecule has 0 N–H and O–H groups in total. The Morgan fingerprint density at radius 1 is 1.50 bits per heavy atom. The first kappa shape index (κ1) is 15.3. The molecule has 1 atom stereocenters. The highest BCUT2D eigenvalue weighted by molar-refractivity contribution is 8.01. The van der Waals surface area contributed by atoms with Gasteiger partial charge in [-0.3, -0.25) is 4.79 Å². The maximum Gasteiger partial charge on any atom is 0.171 e. The topological polar surface area (TPSA) is 54.5 Å². The van der Waals surface area contributed by atoms with E-state index in [1.165, 1.54) is 12.1 Å². The quantitative estimate of drug-likeness (QED) is 0.795. The molecule has 0 bridgehead atoms. The first-order valence-corrected chi connectivity index (χ1v) is 9.17. The molecule has 0 aromatic heterocycles. The zero-order valence-electron chi connectivity index (χ0n) is 11.1. The highest BCUT2D eigenvalue weighted by Crippen LogP contribution is 2.29. The van der Waals surface area contributed by atoms with Crippen molar-refractivity contribution in [3.63, 3.8) is 0 Å². The lowest BCUT2D eigenvalue weighted by Crippen LogP contribution is -2.48. The number of halogens is 1. The van der Waals surface area contributed by atoms with Gasteiger partial charge in [0.1, 0.15) is 17.5 Å². The Kier molecular flexibility index (Phi) is 4.70. The molecular weight excluding hydrogens is 301 g/mol. The van der Waals surface area contributed by atoms with E-state index in [1.54, 1.807) is 23.6 Å². The van der Waals surface area contributed by atoms with Gasteiger partial charge in [0.2, 0.25) is 0 Å². The summed E-state index contributed by atoms with van der Waals surface area (Å²) in [4.78, 5) is 12.2. The van der Waals surface area contributed by atoms with Crippen molar-refractivity contribution in [2.24, 2.45) is 0 Å². The molecule has 7 heteroatoms. The molecule has 20 heavy (non-hydrogen) atoms. The fourth-order valence-electron chi connectivity index (χ4n) is 2.18. The van der Waals surface area contributed by atoms with E-state index in [1.807, 2.05) is 0 Å². The monoisotopic (exact) mass is 317 g/mol. The summed E-state index contributed by atoms with van der Waals surface area (Å²) in [5, 5.41) is -0.706. The lowest BCUT2D eigenvalue weighted by Gasteiger charge is -2.36. The van der Waals surface area contributed by atoms with E-state index in [-0.39, 0.29) is 17.0 Å². The highest BCUT2D eigenvalue weighted by Gasteiger charge is 2.34. The number of carbonyl (C=O) groups is 1. The summed E-state index contributed by atoms with van der Waals surface area (Å²) in [6.07, 6.45) is 0.569. The summed E-state index contributed by atoms with van der Waals surface area (Å²) in [6.45, 7) is 2.07. The van der Waals surface area contributed by atoms with Crippen LogP contribution < -0.4 is 4.90 Å². The number of hydrogen-bond donors (Lipinski definition) is 0. The molecular formula is C13H16FNO3S2. The molecule has 0 saturated carbocycles. The zero-order chi connectivity index (χ0) is 14.8. The second-order valence-corrected chi connectivity index (χ2v) is 8.10. The fourth-order valence-corrected chi connectivity index (χ4v) is 5.16. The fraction of sp³-hybridized carbons (Fsp3) is 0.462. The van der Waals surface area contributed by atoms with Crippen molar-refractivity contribution in [2.45, 2.75) is 12.3 Å². The van der Waals surface area contributed by atoms with E-state index >= 15 is 0 Å². The van der Waals surface area contributed by atoms with Crippen LogP contribution in [0.1, 0.15) is 17.3 Å². The Balaban J connectivity index is 2.40. The van der Waals surface area contributed by atoms with Gasteiger partial charge < -0.3 is 4.90 Å². The van der Waals surface area contributed by atoms with Crippen LogP contribution in [0.5, 0.6) is 0 Å². The van der Waals surface area contributed by atoms with Crippen molar-refractivity contribution < 1.29 is 17.6 Å². The molecule has 1 aliphatic rings. The summed E-state index contributed by atoms with van der Waals surface area (Å²) in [5.74, 6) is 0.663. The molecule has 0 radical (unpaired) electrons. The van der Waals surface area contributed by atoms with Crippen molar-refractivity contribution in [1.82, 2.24) is 0 Å². The van der Waals surface area contributed by atoms with Crippen LogP contribution in [0.2, 0.25) is 0 Å². The Bertz CT molecular complexity index is 604. The van der Waals surface area contributed by atoms with Crippen LogP contribution in [0.4, 0.5) is 10.1 Å². The molecule has 110 valence electrons. The van der Waals surface area contributed by atoms with Crippen LogP contribution >= 0.6 is 11.8 Å². The number of aldehydes is 1. The summed E-state index contributed by atoms with van der Waals surface area (Å²) in [5.41, 5.74) is 0.491. The number of rotatable bonds is 4. The summed E-state index contributed by atoms with van der Waals surface area (Å²) < 4.78 is 38.4. The van der Waals surface area contributed by atoms with Crippen LogP contribution in [0.15, 0.2) is 18.2 Å². The van der Waals surface area contributed by atoms with Crippen LogP contribution in [-0.2, 0) is 9.84 Å². The van der Waals surface area contributed by atoms with Crippen LogP contribution in [0, 0.1) is 5.82 Å². The average molecular weight is 317 g/mol. The van der Waals surface area contributed by atoms with E-state index in [4.69, 9.17) is 0 Å². The standard InChI is InChI=1S/C13H16FNO3S2/c1-2-20(17,18)13-9-19-6-5-15(13)12-4-3-10(8-16)7-11(12)14/h3-4,7-8,13H,2,5-6,9H2,1H3. The third-order valence-electron chi connectivity index (χ3n) is 3.32. The van der Waals surface area contributed by atoms with E-state index in [2.05, 4.69) is 0 Å². The molecule has 1 fully saturated rings. The number of hydrogen-bond acceptors (Lipinski definition) is 5. The molecule has 2 rings (SSSR count). The minimum atomic E-state index is -3.28. The van der Waals surface area contributed by atoms with Gasteiger partial charge in [-0.25, -0.2) is 12.8 Å². The van der Waals surface area contributed by atoms with Crippen LogP contribution in [0.3, 0.4) is 0 Å². The summed E-state index contributed by atoms with van der Waals surface area (Å²) in [6, 6.07) is 4.12. The van der Waals surface area contributed by atoms with Gasteiger partial charge in [-0.15, -0.1) is 0 Å². The number of nitrogens with zero attached hydrogens (tertiary/aromatic N) is 1. The van der Waals surface area contributed by atoms with E-state index in [9.17, 15) is 17.6 Å². The predicted molar refractivity (Wildman–Crippen MR) is 79.7 cm³/mol. The number of sulfone groups is 1. The molecule has 1 unspecified atom stereocenters. The number of thioether (sulfide) groups is 1. The van der Waals surface area contributed by atoms with Crippen LogP contribution in [-0.4, -0.2) is 43.9 Å². The molecule has 0 spiro atoms. The van der Waals surface area contributed by atoms with Crippen molar-refractivity contribution in [2.75, 3.05) is 28.7 Å². The van der Waals surface area contributed by atoms with Gasteiger partial charge in [0.05, 0.1) is 5.69 Å². The maximum absolute atomic E-state index is 14.1. The number of benzene rings is 1. The van der Waals surface area contributed by atoms with Crippen molar-refractivity contribution in [1.29, 1.82) is 0 Å². The smallest absolute Gasteiger partial charge is 0.171 e. The highest BCUT2D eigenvalue weighted by atomic mass is 32.2. The van der Waals surface area contributed by atoms with Gasteiger partial charge in [-0.05, 0) is 18.2 Å². The second kappa shape index (κ2) is 6.13. The second-order valence-electron chi connectivity index (χ2n) is 4.50.